The molecule has 6 nitrogen and oxygen atoms in total. The molecule has 25 heavy (non-hydrogen) atoms. The standard InChI is InChI=1S/C14H11Cl2FN2O4S2/c15-11-3-1-9(7-12(11)16)5-6-19(24(20)21)13-4-2-10(17)8-14(13)25(18,22)23/h1-8H,(H,20,21)(H2,18,22,23)/p-1. The molecular weight excluding hydrogens is 414 g/mol. The molecule has 0 saturated heterocycles. The fourth-order valence-electron chi connectivity index (χ4n) is 1.88. The van der Waals surface area contributed by atoms with Gasteiger partial charge in [-0.1, -0.05) is 29.3 Å². The average molecular weight is 424 g/mol. The predicted octanol–water partition coefficient (Wildman–Crippen LogP) is 3.05. The van der Waals surface area contributed by atoms with Crippen LogP contribution in [0.4, 0.5) is 10.1 Å². The molecule has 0 saturated carbocycles. The molecule has 134 valence electrons. The van der Waals surface area contributed by atoms with Crippen molar-refractivity contribution in [2.24, 2.45) is 5.14 Å². The Bertz CT molecular complexity index is 967. The molecule has 0 bridgehead atoms. The molecule has 1 atom stereocenters. The van der Waals surface area contributed by atoms with Crippen LogP contribution in [0, 0.1) is 5.82 Å². The number of sulfonamides is 1. The second-order valence-electron chi connectivity index (χ2n) is 4.69. The van der Waals surface area contributed by atoms with Gasteiger partial charge in [-0.15, -0.1) is 0 Å². The van der Waals surface area contributed by atoms with Gasteiger partial charge in [0, 0.05) is 6.20 Å². The number of benzene rings is 2. The van der Waals surface area contributed by atoms with Crippen LogP contribution in [0.3, 0.4) is 0 Å². The molecule has 2 N–H and O–H groups in total. The van der Waals surface area contributed by atoms with E-state index in [1.807, 2.05) is 0 Å². The van der Waals surface area contributed by atoms with E-state index in [0.717, 1.165) is 18.3 Å². The maximum Gasteiger partial charge on any atom is 0.240 e. The zero-order chi connectivity index (χ0) is 18.8. The normalized spacial score (nSPS) is 13.2. The molecule has 0 fully saturated rings. The summed E-state index contributed by atoms with van der Waals surface area (Å²) in [5, 5.41) is 5.60. The molecule has 0 aliphatic heterocycles. The Balaban J connectivity index is 2.51. The number of rotatable bonds is 5. The molecule has 2 aromatic carbocycles. The van der Waals surface area contributed by atoms with Crippen molar-refractivity contribution in [1.82, 2.24) is 0 Å². The van der Waals surface area contributed by atoms with Crippen molar-refractivity contribution >= 4 is 56.3 Å². The molecule has 1 unspecified atom stereocenters. The third-order valence-corrected chi connectivity index (χ3v) is 5.29. The van der Waals surface area contributed by atoms with E-state index in [1.165, 1.54) is 18.2 Å². The smallest absolute Gasteiger partial charge is 0.240 e. The van der Waals surface area contributed by atoms with Gasteiger partial charge in [0.2, 0.25) is 10.0 Å². The lowest BCUT2D eigenvalue weighted by molar-refractivity contribution is 0.536. The van der Waals surface area contributed by atoms with Crippen LogP contribution in [0.1, 0.15) is 5.56 Å². The Labute approximate surface area is 156 Å². The molecule has 0 amide bonds. The third-order valence-electron chi connectivity index (χ3n) is 2.97. The van der Waals surface area contributed by atoms with E-state index in [1.54, 1.807) is 6.07 Å². The van der Waals surface area contributed by atoms with Gasteiger partial charge in [-0.05, 0) is 42.0 Å². The summed E-state index contributed by atoms with van der Waals surface area (Å²) >= 11 is 8.77. The maximum absolute atomic E-state index is 13.3. The fraction of sp³-hybridized carbons (Fsp3) is 0. The highest BCUT2D eigenvalue weighted by atomic mass is 35.5. The summed E-state index contributed by atoms with van der Waals surface area (Å²) in [5.74, 6) is -0.877. The Morgan fingerprint density at radius 3 is 2.40 bits per heavy atom. The van der Waals surface area contributed by atoms with Crippen molar-refractivity contribution in [3.8, 4) is 0 Å². The Morgan fingerprint density at radius 2 is 1.84 bits per heavy atom. The van der Waals surface area contributed by atoms with Crippen LogP contribution in [0.25, 0.3) is 6.08 Å². The zero-order valence-electron chi connectivity index (χ0n) is 12.2. The number of nitrogens with two attached hydrogens (primary N) is 1. The molecule has 0 spiro atoms. The van der Waals surface area contributed by atoms with E-state index in [9.17, 15) is 21.6 Å². The first kappa shape index (κ1) is 19.8. The van der Waals surface area contributed by atoms with E-state index in [4.69, 9.17) is 28.3 Å². The van der Waals surface area contributed by atoms with Crippen molar-refractivity contribution < 1.29 is 21.6 Å². The SMILES string of the molecule is NS(=O)(=O)c1cc(F)ccc1N(C=Cc1ccc(Cl)c(Cl)c1)S(=O)[O-]. The topological polar surface area (TPSA) is 104 Å². The number of primary sulfonamides is 1. The van der Waals surface area contributed by atoms with Crippen LogP contribution in [0.15, 0.2) is 47.5 Å². The maximum atomic E-state index is 13.3. The molecule has 2 rings (SSSR count). The predicted molar refractivity (Wildman–Crippen MR) is 94.7 cm³/mol. The van der Waals surface area contributed by atoms with Gasteiger partial charge in [0.1, 0.15) is 10.7 Å². The van der Waals surface area contributed by atoms with Gasteiger partial charge in [-0.2, -0.15) is 0 Å². The van der Waals surface area contributed by atoms with Gasteiger partial charge < -0.3 is 4.55 Å². The quantitative estimate of drug-likeness (QED) is 0.745. The monoisotopic (exact) mass is 423 g/mol. The number of nitrogens with zero attached hydrogens (tertiary/aromatic N) is 1. The van der Waals surface area contributed by atoms with E-state index in [-0.39, 0.29) is 10.7 Å². The van der Waals surface area contributed by atoms with E-state index < -0.39 is 32.0 Å². The fourth-order valence-corrected chi connectivity index (χ4v) is 3.46. The van der Waals surface area contributed by atoms with Crippen LogP contribution in [-0.2, 0) is 21.3 Å². The van der Waals surface area contributed by atoms with E-state index in [2.05, 4.69) is 0 Å². The summed E-state index contributed by atoms with van der Waals surface area (Å²) in [5.41, 5.74) is 0.178. The molecule has 11 heteroatoms. The van der Waals surface area contributed by atoms with Crippen LogP contribution in [-0.4, -0.2) is 17.2 Å². The highest BCUT2D eigenvalue weighted by Gasteiger charge is 2.19. The van der Waals surface area contributed by atoms with Gasteiger partial charge >= 0.3 is 0 Å². The zero-order valence-corrected chi connectivity index (χ0v) is 15.4. The van der Waals surface area contributed by atoms with E-state index >= 15 is 0 Å². The minimum atomic E-state index is -4.36. The first-order chi connectivity index (χ1) is 11.6. The van der Waals surface area contributed by atoms with Gasteiger partial charge in [0.15, 0.2) is 0 Å². The average Bonchev–Trinajstić information content (AvgIpc) is 2.50. The van der Waals surface area contributed by atoms with Crippen molar-refractivity contribution in [2.75, 3.05) is 4.31 Å². The lowest BCUT2D eigenvalue weighted by Crippen LogP contribution is -2.23. The molecule has 0 aliphatic carbocycles. The first-order valence-corrected chi connectivity index (χ1v) is 9.77. The van der Waals surface area contributed by atoms with Crippen LogP contribution < -0.4 is 9.44 Å². The van der Waals surface area contributed by atoms with Crippen LogP contribution in [0.2, 0.25) is 10.0 Å². The van der Waals surface area contributed by atoms with Crippen molar-refractivity contribution in [1.29, 1.82) is 0 Å². The van der Waals surface area contributed by atoms with Crippen molar-refractivity contribution in [3.63, 3.8) is 0 Å². The second-order valence-corrected chi connectivity index (χ2v) is 7.86. The minimum Gasteiger partial charge on any atom is -0.755 e. The summed E-state index contributed by atoms with van der Waals surface area (Å²) in [6.07, 6.45) is 2.43. The number of anilines is 1. The highest BCUT2D eigenvalue weighted by Crippen LogP contribution is 2.28. The number of halogens is 3. The van der Waals surface area contributed by atoms with Gasteiger partial charge in [0.05, 0.1) is 27.0 Å². The van der Waals surface area contributed by atoms with Gasteiger partial charge in [0.25, 0.3) is 0 Å². The molecular formula is C14H10Cl2FN2O4S2-. The summed E-state index contributed by atoms with van der Waals surface area (Å²) < 4.78 is 60.2. The number of hydrogen-bond acceptors (Lipinski definition) is 4. The van der Waals surface area contributed by atoms with Crippen LogP contribution in [0.5, 0.6) is 0 Å². The van der Waals surface area contributed by atoms with Crippen molar-refractivity contribution in [3.05, 3.63) is 64.0 Å². The molecule has 0 heterocycles. The lowest BCUT2D eigenvalue weighted by atomic mass is 10.2. The molecule has 0 radical (unpaired) electrons. The highest BCUT2D eigenvalue weighted by molar-refractivity contribution is 7.89. The summed E-state index contributed by atoms with van der Waals surface area (Å²) in [4.78, 5) is -0.671. The molecule has 0 aromatic heterocycles. The van der Waals surface area contributed by atoms with Gasteiger partial charge in [-0.25, -0.2) is 17.9 Å². The Hall–Kier alpha value is -1.49. The first-order valence-electron chi connectivity index (χ1n) is 6.44. The summed E-state index contributed by atoms with van der Waals surface area (Å²) in [6, 6.07) is 7.10. The Morgan fingerprint density at radius 1 is 1.16 bits per heavy atom. The van der Waals surface area contributed by atoms with Crippen LogP contribution >= 0.6 is 23.2 Å². The summed E-state index contributed by atoms with van der Waals surface area (Å²) in [7, 11) is -4.36. The molecule has 0 aliphatic rings. The largest absolute Gasteiger partial charge is 0.755 e. The lowest BCUT2D eigenvalue weighted by Gasteiger charge is -2.24. The van der Waals surface area contributed by atoms with Crippen molar-refractivity contribution in [2.45, 2.75) is 4.90 Å². The minimum absolute atomic E-state index is 0.255. The number of hydrogen-bond donors (Lipinski definition) is 1. The Kier molecular flexibility index (Phi) is 6.20. The summed E-state index contributed by atoms with van der Waals surface area (Å²) in [6.45, 7) is 0. The molecule has 2 aromatic rings. The third kappa shape index (κ3) is 5.00. The second kappa shape index (κ2) is 7.81. The van der Waals surface area contributed by atoms with E-state index in [0.29, 0.717) is 21.0 Å². The van der Waals surface area contributed by atoms with Gasteiger partial charge in [-0.3, -0.25) is 8.51 Å².